The molecule has 0 saturated carbocycles. The number of nitrogens with zero attached hydrogens (tertiary/aromatic N) is 2. The number of amides is 4. The maximum Gasteiger partial charge on any atom is 0.349 e. The molecule has 0 aromatic heterocycles. The van der Waals surface area contributed by atoms with Gasteiger partial charge in [0.1, 0.15) is 0 Å². The zero-order chi connectivity index (χ0) is 25.6. The highest BCUT2D eigenvalue weighted by Crippen LogP contribution is 2.37. The molecular weight excluding hydrogens is 516 g/mol. The van der Waals surface area contributed by atoms with Crippen LogP contribution in [-0.2, 0) is 49.0 Å². The molecule has 184 valence electrons. The van der Waals surface area contributed by atoms with Gasteiger partial charge in [0.05, 0.1) is 0 Å². The van der Waals surface area contributed by atoms with Crippen molar-refractivity contribution in [1.82, 2.24) is 9.80 Å². The van der Waals surface area contributed by atoms with Gasteiger partial charge in [0.25, 0.3) is 9.74 Å². The Bertz CT molecular complexity index is 1040. The lowest BCUT2D eigenvalue weighted by Gasteiger charge is -2.36. The van der Waals surface area contributed by atoms with Gasteiger partial charge in [0.2, 0.25) is 23.6 Å². The molecule has 2 rings (SSSR count). The highest BCUT2D eigenvalue weighted by molar-refractivity contribution is 8.01. The number of aliphatic carboxylic acids is 2. The summed E-state index contributed by atoms with van der Waals surface area (Å²) in [7, 11) is -11.7. The Hall–Kier alpha value is -2.61. The summed E-state index contributed by atoms with van der Waals surface area (Å²) >= 11 is -0.173. The van der Waals surface area contributed by atoms with Crippen molar-refractivity contribution in [2.45, 2.75) is 35.4 Å². The van der Waals surface area contributed by atoms with Crippen LogP contribution < -0.4 is 0 Å². The maximum atomic E-state index is 12.0. The molecule has 2 heterocycles. The Morgan fingerprint density at radius 2 is 0.939 bits per heavy atom. The van der Waals surface area contributed by atoms with Gasteiger partial charge in [-0.3, -0.25) is 28.3 Å². The fourth-order valence-corrected chi connectivity index (χ4v) is 7.49. The molecule has 2 fully saturated rings. The number of carboxylic acid groups (broad SMARTS) is 2. The maximum absolute atomic E-state index is 12.0. The summed E-state index contributed by atoms with van der Waals surface area (Å²) in [5.41, 5.74) is 0. The summed E-state index contributed by atoms with van der Waals surface area (Å²) < 4.78 is 67.4. The summed E-state index contributed by atoms with van der Waals surface area (Å²) in [5, 5.41) is 19.1. The molecule has 0 aromatic rings. The van der Waals surface area contributed by atoms with Crippen LogP contribution in [0, 0.1) is 0 Å². The largest absolute Gasteiger partial charge is 0.479 e. The lowest BCUT2D eigenvalue weighted by atomic mass is 10.3. The van der Waals surface area contributed by atoms with E-state index in [1.54, 1.807) is 0 Å². The molecular formula is C14H16N2O14S3. The summed E-state index contributed by atoms with van der Waals surface area (Å²) in [4.78, 5) is 64.0. The molecule has 2 atom stereocenters. The average molecular weight is 532 g/mol. The number of likely N-dealkylation sites (tertiary alicyclic amines) is 2. The second kappa shape index (κ2) is 8.63. The van der Waals surface area contributed by atoms with Crippen LogP contribution in [0.15, 0.2) is 0 Å². The second-order valence-electron chi connectivity index (χ2n) is 6.87. The minimum atomic E-state index is -5.83. The molecule has 2 aliphatic heterocycles. The van der Waals surface area contributed by atoms with E-state index in [1.165, 1.54) is 0 Å². The van der Waals surface area contributed by atoms with E-state index in [9.17, 15) is 64.9 Å². The molecule has 4 amide bonds. The first-order chi connectivity index (χ1) is 14.9. The van der Waals surface area contributed by atoms with Gasteiger partial charge in [-0.05, 0) is 0 Å². The Morgan fingerprint density at radius 1 is 0.697 bits per heavy atom. The van der Waals surface area contributed by atoms with Gasteiger partial charge in [0.15, 0.2) is 0 Å². The van der Waals surface area contributed by atoms with Gasteiger partial charge in [-0.2, -0.15) is 28.6 Å². The number of rotatable bonds is 10. The van der Waals surface area contributed by atoms with Gasteiger partial charge in [0, 0.05) is 37.2 Å². The molecule has 0 bridgehead atoms. The lowest BCUT2D eigenvalue weighted by Crippen LogP contribution is -2.65. The van der Waals surface area contributed by atoms with Crippen LogP contribution in [-0.4, -0.2) is 103 Å². The zero-order valence-electron chi connectivity index (χ0n) is 16.2. The summed E-state index contributed by atoms with van der Waals surface area (Å²) in [5.74, 6) is -13.1. The summed E-state index contributed by atoms with van der Waals surface area (Å²) in [6.07, 6.45) is -2.41. The van der Waals surface area contributed by atoms with Crippen molar-refractivity contribution < 1.29 is 64.9 Å². The number of carbonyl (C=O) groups is 6. The first-order valence-corrected chi connectivity index (χ1v) is 12.7. The van der Waals surface area contributed by atoms with Crippen molar-refractivity contribution in [1.29, 1.82) is 0 Å². The quantitative estimate of drug-likeness (QED) is 0.165. The monoisotopic (exact) mass is 532 g/mol. The Kier molecular flexibility index (Phi) is 6.97. The topological polar surface area (TPSA) is 258 Å². The highest BCUT2D eigenvalue weighted by Gasteiger charge is 2.64. The van der Waals surface area contributed by atoms with E-state index < -0.39 is 103 Å². The number of imide groups is 2. The van der Waals surface area contributed by atoms with Gasteiger partial charge in [-0.15, -0.1) is 0 Å². The van der Waals surface area contributed by atoms with Crippen molar-refractivity contribution in [3.05, 3.63) is 0 Å². The van der Waals surface area contributed by atoms with Crippen LogP contribution in [0.2, 0.25) is 0 Å². The van der Waals surface area contributed by atoms with Crippen molar-refractivity contribution in [3.63, 3.8) is 0 Å². The van der Waals surface area contributed by atoms with Crippen LogP contribution >= 0.6 is 11.8 Å². The van der Waals surface area contributed by atoms with Gasteiger partial charge < -0.3 is 10.2 Å². The SMILES string of the molecule is O=C1CCC(=O)N1C(CSCC(C(=O)O)(N1C(=O)CCC1=O)S(=O)(=O)O)(C(=O)O)S(=O)(=O)O. The van der Waals surface area contributed by atoms with Crippen molar-refractivity contribution in [3.8, 4) is 0 Å². The van der Waals surface area contributed by atoms with E-state index >= 15 is 0 Å². The number of hydrogen-bond acceptors (Lipinski definition) is 11. The van der Waals surface area contributed by atoms with Crippen LogP contribution in [0.1, 0.15) is 25.7 Å². The van der Waals surface area contributed by atoms with Gasteiger partial charge in [-0.25, -0.2) is 19.4 Å². The molecule has 0 spiro atoms. The third-order valence-corrected chi connectivity index (χ3v) is 9.26. The van der Waals surface area contributed by atoms with Gasteiger partial charge >= 0.3 is 32.2 Å². The summed E-state index contributed by atoms with van der Waals surface area (Å²) in [6.45, 7) is 0. The third-order valence-electron chi connectivity index (χ3n) is 4.94. The Labute approximate surface area is 189 Å². The molecule has 0 radical (unpaired) electrons. The third kappa shape index (κ3) is 4.09. The molecule has 2 saturated heterocycles. The standard InChI is InChI=1S/C14H16N2O14S3/c17-7-1-2-8(18)15(7)13(11(21)22,32(25,26)27)5-31-6-14(12(23)24,33(28,29)30)16-9(19)3-4-10(16)20/h1-6H2,(H,21,22)(H,23,24)(H,25,26,27)(H,28,29,30). The van der Waals surface area contributed by atoms with Crippen LogP contribution in [0.5, 0.6) is 0 Å². The molecule has 19 heteroatoms. The van der Waals surface area contributed by atoms with Crippen LogP contribution in [0.3, 0.4) is 0 Å². The molecule has 33 heavy (non-hydrogen) atoms. The normalized spacial score (nSPS) is 21.3. The first-order valence-electron chi connectivity index (χ1n) is 8.65. The molecule has 4 N–H and O–H groups in total. The molecule has 0 aromatic carbocycles. The second-order valence-corrected chi connectivity index (χ2v) is 11.1. The molecule has 2 aliphatic rings. The zero-order valence-corrected chi connectivity index (χ0v) is 18.7. The van der Waals surface area contributed by atoms with Crippen molar-refractivity contribution in [2.24, 2.45) is 0 Å². The number of carbonyl (C=O) groups excluding carboxylic acids is 4. The fraction of sp³-hybridized carbons (Fsp3) is 0.571. The van der Waals surface area contributed by atoms with E-state index in [0.717, 1.165) is 0 Å². The predicted octanol–water partition coefficient (Wildman–Crippen LogP) is -2.64. The minimum Gasteiger partial charge on any atom is -0.479 e. The van der Waals surface area contributed by atoms with E-state index in [4.69, 9.17) is 0 Å². The van der Waals surface area contributed by atoms with E-state index in [0.29, 0.717) is 0 Å². The van der Waals surface area contributed by atoms with Crippen molar-refractivity contribution >= 4 is 67.6 Å². The Morgan fingerprint density at radius 3 is 1.12 bits per heavy atom. The molecule has 0 aliphatic carbocycles. The number of carboxylic acids is 2. The predicted molar refractivity (Wildman–Crippen MR) is 103 cm³/mol. The van der Waals surface area contributed by atoms with Gasteiger partial charge in [-0.1, -0.05) is 0 Å². The Balaban J connectivity index is 2.58. The molecule has 16 nitrogen and oxygen atoms in total. The van der Waals surface area contributed by atoms with Crippen LogP contribution in [0.25, 0.3) is 0 Å². The van der Waals surface area contributed by atoms with E-state index in [2.05, 4.69) is 0 Å². The first kappa shape index (κ1) is 26.6. The smallest absolute Gasteiger partial charge is 0.349 e. The average Bonchev–Trinajstić information content (AvgIpc) is 3.15. The highest BCUT2D eigenvalue weighted by atomic mass is 32.2. The van der Waals surface area contributed by atoms with E-state index in [1.807, 2.05) is 0 Å². The lowest BCUT2D eigenvalue weighted by molar-refractivity contribution is -0.156. The number of thioether (sulfide) groups is 1. The molecule has 2 unspecified atom stereocenters. The van der Waals surface area contributed by atoms with Crippen molar-refractivity contribution in [2.75, 3.05) is 11.5 Å². The minimum absolute atomic E-state index is 0.173. The number of hydrogen-bond donors (Lipinski definition) is 4. The summed E-state index contributed by atoms with van der Waals surface area (Å²) in [6, 6.07) is 0. The fourth-order valence-electron chi connectivity index (χ4n) is 3.33. The van der Waals surface area contributed by atoms with E-state index in [-0.39, 0.29) is 21.6 Å². The van der Waals surface area contributed by atoms with Crippen LogP contribution in [0.4, 0.5) is 0 Å².